The van der Waals surface area contributed by atoms with Gasteiger partial charge < -0.3 is 10.2 Å². The molecule has 0 atom stereocenters. The molecule has 0 fully saturated rings. The van der Waals surface area contributed by atoms with Crippen molar-refractivity contribution in [2.24, 2.45) is 0 Å². The minimum absolute atomic E-state index is 0.197. The molecule has 2 aromatic rings. The van der Waals surface area contributed by atoms with E-state index in [2.05, 4.69) is 10.2 Å². The number of thioether (sulfide) groups is 1. The molecule has 8 heteroatoms. The van der Waals surface area contributed by atoms with Gasteiger partial charge in [0, 0.05) is 0 Å². The van der Waals surface area contributed by atoms with Crippen LogP contribution in [0.3, 0.4) is 0 Å². The van der Waals surface area contributed by atoms with Gasteiger partial charge in [-0.3, -0.25) is 9.36 Å². The number of halogens is 1. The fourth-order valence-corrected chi connectivity index (χ4v) is 2.29. The molecule has 0 aliphatic carbocycles. The second kappa shape index (κ2) is 6.02. The van der Waals surface area contributed by atoms with Crippen molar-refractivity contribution in [3.8, 4) is 5.69 Å². The average molecular weight is 297 g/mol. The van der Waals surface area contributed by atoms with Crippen LogP contribution in [0, 0.1) is 12.7 Å². The van der Waals surface area contributed by atoms with E-state index in [4.69, 9.17) is 5.11 Å². The monoisotopic (exact) mass is 297 g/mol. The van der Waals surface area contributed by atoms with Crippen LogP contribution in [0.15, 0.2) is 23.4 Å². The number of nitrogens with zero attached hydrogens (tertiary/aromatic N) is 3. The van der Waals surface area contributed by atoms with Gasteiger partial charge in [0.2, 0.25) is 0 Å². The molecule has 0 aliphatic heterocycles. The lowest BCUT2D eigenvalue weighted by molar-refractivity contribution is -0.133. The average Bonchev–Trinajstić information content (AvgIpc) is 2.82. The number of carboxylic acid groups (broad SMARTS) is 1. The minimum atomic E-state index is -0.995. The van der Waals surface area contributed by atoms with E-state index in [9.17, 15) is 14.3 Å². The molecule has 6 nitrogen and oxygen atoms in total. The molecule has 0 saturated carbocycles. The van der Waals surface area contributed by atoms with Crippen LogP contribution in [0.2, 0.25) is 0 Å². The van der Waals surface area contributed by atoms with Crippen LogP contribution in [-0.2, 0) is 11.4 Å². The van der Waals surface area contributed by atoms with Crippen molar-refractivity contribution in [2.45, 2.75) is 18.7 Å². The minimum Gasteiger partial charge on any atom is -0.481 e. The van der Waals surface area contributed by atoms with Gasteiger partial charge in [-0.1, -0.05) is 17.8 Å². The molecule has 1 heterocycles. The highest BCUT2D eigenvalue weighted by Gasteiger charge is 2.15. The Hall–Kier alpha value is -1.93. The number of carboxylic acids is 1. The third-order valence-corrected chi connectivity index (χ3v) is 3.49. The number of carbonyl (C=O) groups is 1. The summed E-state index contributed by atoms with van der Waals surface area (Å²) in [6.45, 7) is 1.26. The van der Waals surface area contributed by atoms with Crippen molar-refractivity contribution in [1.82, 2.24) is 14.8 Å². The van der Waals surface area contributed by atoms with E-state index in [1.54, 1.807) is 19.1 Å². The Bertz CT molecular complexity index is 645. The number of aryl methyl sites for hydroxylation is 1. The molecular weight excluding hydrogens is 285 g/mol. The number of benzene rings is 1. The lowest BCUT2D eigenvalue weighted by Crippen LogP contribution is -2.05. The Morgan fingerprint density at radius 2 is 2.20 bits per heavy atom. The summed E-state index contributed by atoms with van der Waals surface area (Å²) in [7, 11) is 0. The first-order valence-electron chi connectivity index (χ1n) is 5.69. The van der Waals surface area contributed by atoms with Gasteiger partial charge in [-0.05, 0) is 24.6 Å². The number of aliphatic carboxylic acids is 1. The van der Waals surface area contributed by atoms with Crippen molar-refractivity contribution >= 4 is 17.7 Å². The Morgan fingerprint density at radius 3 is 2.80 bits per heavy atom. The number of aromatic nitrogens is 3. The third kappa shape index (κ3) is 2.97. The van der Waals surface area contributed by atoms with Gasteiger partial charge in [0.1, 0.15) is 12.4 Å². The van der Waals surface area contributed by atoms with E-state index in [-0.39, 0.29) is 18.2 Å². The summed E-state index contributed by atoms with van der Waals surface area (Å²) in [5.74, 6) is -1.36. The number of aliphatic hydroxyl groups excluding tert-OH is 1. The highest BCUT2D eigenvalue weighted by atomic mass is 32.2. The molecule has 0 radical (unpaired) electrons. The Labute approximate surface area is 118 Å². The summed E-state index contributed by atoms with van der Waals surface area (Å²) >= 11 is 0.952. The maximum Gasteiger partial charge on any atom is 0.313 e. The van der Waals surface area contributed by atoms with Crippen LogP contribution in [0.25, 0.3) is 5.69 Å². The smallest absolute Gasteiger partial charge is 0.313 e. The van der Waals surface area contributed by atoms with Crippen LogP contribution >= 0.6 is 11.8 Å². The second-order valence-corrected chi connectivity index (χ2v) is 4.95. The molecule has 0 spiro atoms. The summed E-state index contributed by atoms with van der Waals surface area (Å²) in [6.07, 6.45) is 0. The molecule has 0 saturated heterocycles. The summed E-state index contributed by atoms with van der Waals surface area (Å²) in [5, 5.41) is 25.8. The van der Waals surface area contributed by atoms with Gasteiger partial charge in [-0.15, -0.1) is 10.2 Å². The van der Waals surface area contributed by atoms with Crippen LogP contribution in [0.5, 0.6) is 0 Å². The number of hydrogen-bond acceptors (Lipinski definition) is 5. The summed E-state index contributed by atoms with van der Waals surface area (Å²) in [5.41, 5.74) is 0.933. The molecule has 0 amide bonds. The first kappa shape index (κ1) is 14.5. The van der Waals surface area contributed by atoms with Crippen molar-refractivity contribution < 1.29 is 19.4 Å². The van der Waals surface area contributed by atoms with E-state index < -0.39 is 11.8 Å². The molecule has 0 bridgehead atoms. The first-order chi connectivity index (χ1) is 9.52. The van der Waals surface area contributed by atoms with E-state index in [1.807, 2.05) is 0 Å². The molecule has 0 unspecified atom stereocenters. The summed E-state index contributed by atoms with van der Waals surface area (Å²) < 4.78 is 15.1. The van der Waals surface area contributed by atoms with E-state index in [1.165, 1.54) is 10.6 Å². The second-order valence-electron chi connectivity index (χ2n) is 4.01. The lowest BCUT2D eigenvalue weighted by Gasteiger charge is -2.09. The Balaban J connectivity index is 2.44. The molecule has 106 valence electrons. The molecule has 2 N–H and O–H groups in total. The predicted octanol–water partition coefficient (Wildman–Crippen LogP) is 1.38. The van der Waals surface area contributed by atoms with Gasteiger partial charge in [0.05, 0.1) is 11.4 Å². The maximum atomic E-state index is 13.6. The lowest BCUT2D eigenvalue weighted by atomic mass is 10.2. The van der Waals surface area contributed by atoms with Crippen molar-refractivity contribution in [1.29, 1.82) is 0 Å². The van der Waals surface area contributed by atoms with Gasteiger partial charge in [-0.2, -0.15) is 0 Å². The van der Waals surface area contributed by atoms with Crippen molar-refractivity contribution in [3.63, 3.8) is 0 Å². The SMILES string of the molecule is Cc1ccc(-n2c(CO)nnc2SCC(=O)O)cc1F. The van der Waals surface area contributed by atoms with Crippen molar-refractivity contribution in [2.75, 3.05) is 5.75 Å². The maximum absolute atomic E-state index is 13.6. The van der Waals surface area contributed by atoms with E-state index in [0.717, 1.165) is 11.8 Å². The van der Waals surface area contributed by atoms with Gasteiger partial charge in [0.15, 0.2) is 11.0 Å². The number of aliphatic hydroxyl groups is 1. The molecule has 1 aromatic carbocycles. The van der Waals surface area contributed by atoms with Crippen LogP contribution in [0.4, 0.5) is 4.39 Å². The zero-order chi connectivity index (χ0) is 14.7. The molecule has 0 aliphatic rings. The third-order valence-electron chi connectivity index (χ3n) is 2.58. The standard InChI is InChI=1S/C12H12FN3O3S/c1-7-2-3-8(4-9(7)13)16-10(5-17)14-15-12(16)20-6-11(18)19/h2-4,17H,5-6H2,1H3,(H,18,19). The molecular formula is C12H12FN3O3S. The van der Waals surface area contributed by atoms with Crippen LogP contribution in [-0.4, -0.2) is 36.7 Å². The number of hydrogen-bond donors (Lipinski definition) is 2. The van der Waals surface area contributed by atoms with Gasteiger partial charge in [0.25, 0.3) is 0 Å². The largest absolute Gasteiger partial charge is 0.481 e. The zero-order valence-corrected chi connectivity index (χ0v) is 11.4. The topological polar surface area (TPSA) is 88.2 Å². The molecule has 2 rings (SSSR count). The van der Waals surface area contributed by atoms with Crippen LogP contribution in [0.1, 0.15) is 11.4 Å². The van der Waals surface area contributed by atoms with Gasteiger partial charge >= 0.3 is 5.97 Å². The van der Waals surface area contributed by atoms with E-state index >= 15 is 0 Å². The van der Waals surface area contributed by atoms with Gasteiger partial charge in [-0.25, -0.2) is 4.39 Å². The molecule has 1 aromatic heterocycles. The predicted molar refractivity (Wildman–Crippen MR) is 70.3 cm³/mol. The summed E-state index contributed by atoms with van der Waals surface area (Å²) in [4.78, 5) is 10.6. The quantitative estimate of drug-likeness (QED) is 0.811. The first-order valence-corrected chi connectivity index (χ1v) is 6.67. The van der Waals surface area contributed by atoms with E-state index in [0.29, 0.717) is 16.4 Å². The van der Waals surface area contributed by atoms with Crippen LogP contribution < -0.4 is 0 Å². The molecule has 20 heavy (non-hydrogen) atoms. The van der Waals surface area contributed by atoms with Crippen molar-refractivity contribution in [3.05, 3.63) is 35.4 Å². The Morgan fingerprint density at radius 1 is 1.45 bits per heavy atom. The fourth-order valence-electron chi connectivity index (χ4n) is 1.60. The summed E-state index contributed by atoms with van der Waals surface area (Å²) in [6, 6.07) is 4.55. The zero-order valence-electron chi connectivity index (χ0n) is 10.6. The normalized spacial score (nSPS) is 10.8. The fraction of sp³-hybridized carbons (Fsp3) is 0.250. The highest BCUT2D eigenvalue weighted by Crippen LogP contribution is 2.23. The highest BCUT2D eigenvalue weighted by molar-refractivity contribution is 7.99. The Kier molecular flexibility index (Phi) is 4.35. The number of rotatable bonds is 5.